The van der Waals surface area contributed by atoms with Crippen LogP contribution in [0.4, 0.5) is 0 Å². The molecule has 1 aliphatic carbocycles. The normalized spacial score (nSPS) is 16.8. The Morgan fingerprint density at radius 3 is 2.42 bits per heavy atom. The van der Waals surface area contributed by atoms with E-state index in [0.717, 1.165) is 27.7 Å². The third kappa shape index (κ3) is 5.02. The standard InChI is InChI=1S/C23H29IN2/c1-8-17(13-22(2,3)4)26-21-12-18-16(11-19(21)23(5,6)7)9-15(14-25)10-20(18)24/h9-10,12,19,26H,1,11,13H2,2-7H3. The van der Waals surface area contributed by atoms with Crippen LogP contribution < -0.4 is 5.32 Å². The van der Waals surface area contributed by atoms with Gasteiger partial charge in [-0.3, -0.25) is 0 Å². The summed E-state index contributed by atoms with van der Waals surface area (Å²) in [5.74, 6) is 0.350. The Hall–Kier alpha value is -1.50. The maximum Gasteiger partial charge on any atom is 0.0992 e. The van der Waals surface area contributed by atoms with E-state index >= 15 is 0 Å². The van der Waals surface area contributed by atoms with Crippen molar-refractivity contribution in [2.45, 2.75) is 54.4 Å². The van der Waals surface area contributed by atoms with E-state index in [1.165, 1.54) is 16.8 Å². The van der Waals surface area contributed by atoms with Gasteiger partial charge in [0, 0.05) is 15.2 Å². The fraction of sp³-hybridized carbons (Fsp3) is 0.478. The molecule has 1 N–H and O–H groups in total. The minimum Gasteiger partial charge on any atom is -0.356 e. The average Bonchev–Trinajstić information content (AvgIpc) is 2.51. The van der Waals surface area contributed by atoms with E-state index in [1.807, 2.05) is 12.1 Å². The molecule has 1 unspecified atom stereocenters. The number of halogens is 1. The lowest BCUT2D eigenvalue weighted by Gasteiger charge is -2.37. The molecule has 1 atom stereocenters. The molecular formula is C23H29IN2. The van der Waals surface area contributed by atoms with E-state index in [2.05, 4.69) is 93.9 Å². The maximum absolute atomic E-state index is 9.30. The van der Waals surface area contributed by atoms with Gasteiger partial charge >= 0.3 is 0 Å². The van der Waals surface area contributed by atoms with Crippen molar-refractivity contribution in [3.8, 4) is 6.07 Å². The lowest BCUT2D eigenvalue weighted by Crippen LogP contribution is -2.34. The summed E-state index contributed by atoms with van der Waals surface area (Å²) in [6.45, 7) is 17.4. The lowest BCUT2D eigenvalue weighted by molar-refractivity contribution is 0.266. The SMILES string of the molecule is C=C=C(CC(C)(C)C)NC1=Cc2c(I)cc(C#N)cc2CC1C(C)(C)C. The Morgan fingerprint density at radius 2 is 1.92 bits per heavy atom. The van der Waals surface area contributed by atoms with Crippen molar-refractivity contribution in [3.05, 3.63) is 56.1 Å². The molecule has 3 heteroatoms. The highest BCUT2D eigenvalue weighted by Gasteiger charge is 2.33. The molecule has 26 heavy (non-hydrogen) atoms. The minimum atomic E-state index is 0.110. The van der Waals surface area contributed by atoms with Crippen molar-refractivity contribution in [1.82, 2.24) is 5.32 Å². The fourth-order valence-electron chi connectivity index (χ4n) is 3.41. The molecule has 0 bridgehead atoms. The van der Waals surface area contributed by atoms with Gasteiger partial charge in [-0.15, -0.1) is 5.73 Å². The summed E-state index contributed by atoms with van der Waals surface area (Å²) in [5, 5.41) is 13.0. The smallest absolute Gasteiger partial charge is 0.0992 e. The molecule has 0 spiro atoms. The number of hydrogen-bond donors (Lipinski definition) is 1. The van der Waals surface area contributed by atoms with Crippen LogP contribution in [0.1, 0.15) is 64.7 Å². The summed E-state index contributed by atoms with van der Waals surface area (Å²) in [7, 11) is 0. The first-order valence-corrected chi connectivity index (χ1v) is 10.1. The summed E-state index contributed by atoms with van der Waals surface area (Å²) in [4.78, 5) is 0. The quantitative estimate of drug-likeness (QED) is 0.418. The summed E-state index contributed by atoms with van der Waals surface area (Å²) in [6.07, 6.45) is 4.10. The van der Waals surface area contributed by atoms with Gasteiger partial charge in [0.15, 0.2) is 0 Å². The highest BCUT2D eigenvalue weighted by atomic mass is 127. The van der Waals surface area contributed by atoms with Gasteiger partial charge < -0.3 is 5.32 Å². The van der Waals surface area contributed by atoms with E-state index in [4.69, 9.17) is 0 Å². The van der Waals surface area contributed by atoms with Gasteiger partial charge in [0.05, 0.1) is 17.3 Å². The predicted octanol–water partition coefficient (Wildman–Crippen LogP) is 6.42. The zero-order valence-corrected chi connectivity index (χ0v) is 18.9. The molecule has 0 amide bonds. The van der Waals surface area contributed by atoms with Crippen molar-refractivity contribution >= 4 is 28.7 Å². The van der Waals surface area contributed by atoms with E-state index in [0.29, 0.717) is 5.92 Å². The summed E-state index contributed by atoms with van der Waals surface area (Å²) in [6, 6.07) is 6.29. The first kappa shape index (κ1) is 20.8. The number of fused-ring (bicyclic) bond motifs is 1. The molecule has 1 aromatic carbocycles. The second kappa shape index (κ2) is 7.62. The molecule has 0 aromatic heterocycles. The number of nitrogens with zero attached hydrogens (tertiary/aromatic N) is 1. The van der Waals surface area contributed by atoms with Crippen LogP contribution in [0.2, 0.25) is 0 Å². The first-order valence-electron chi connectivity index (χ1n) is 9.04. The van der Waals surface area contributed by atoms with Crippen LogP contribution in [0.3, 0.4) is 0 Å². The van der Waals surface area contributed by atoms with Crippen LogP contribution >= 0.6 is 22.6 Å². The Labute approximate surface area is 172 Å². The van der Waals surface area contributed by atoms with Crippen molar-refractivity contribution < 1.29 is 0 Å². The third-order valence-corrected chi connectivity index (χ3v) is 5.60. The molecule has 0 radical (unpaired) electrons. The van der Waals surface area contributed by atoms with Gasteiger partial charge in [0.2, 0.25) is 0 Å². The van der Waals surface area contributed by atoms with Crippen LogP contribution in [0.5, 0.6) is 0 Å². The van der Waals surface area contributed by atoms with Crippen LogP contribution in [0, 0.1) is 31.6 Å². The number of rotatable bonds is 3. The predicted molar refractivity (Wildman–Crippen MR) is 118 cm³/mol. The van der Waals surface area contributed by atoms with Crippen molar-refractivity contribution in [2.75, 3.05) is 0 Å². The van der Waals surface area contributed by atoms with E-state index < -0.39 is 0 Å². The molecule has 2 rings (SSSR count). The van der Waals surface area contributed by atoms with Crippen molar-refractivity contribution in [1.29, 1.82) is 5.26 Å². The zero-order valence-electron chi connectivity index (χ0n) is 16.8. The molecule has 138 valence electrons. The molecule has 0 saturated heterocycles. The number of hydrogen-bond acceptors (Lipinski definition) is 2. The lowest BCUT2D eigenvalue weighted by atomic mass is 9.71. The summed E-state index contributed by atoms with van der Waals surface area (Å²) in [5.41, 5.74) is 8.89. The Kier molecular flexibility index (Phi) is 6.10. The Morgan fingerprint density at radius 1 is 1.27 bits per heavy atom. The number of allylic oxidation sites excluding steroid dienone is 2. The summed E-state index contributed by atoms with van der Waals surface area (Å²) >= 11 is 2.34. The monoisotopic (exact) mass is 460 g/mol. The van der Waals surface area contributed by atoms with Crippen LogP contribution in [-0.2, 0) is 6.42 Å². The minimum absolute atomic E-state index is 0.110. The van der Waals surface area contributed by atoms with Gasteiger partial charge in [-0.05, 0) is 75.6 Å². The Bertz CT molecular complexity index is 819. The number of nitriles is 1. The molecule has 0 heterocycles. The largest absolute Gasteiger partial charge is 0.356 e. The van der Waals surface area contributed by atoms with Crippen LogP contribution in [-0.4, -0.2) is 0 Å². The van der Waals surface area contributed by atoms with E-state index in [1.54, 1.807) is 0 Å². The maximum atomic E-state index is 9.30. The van der Waals surface area contributed by atoms with Gasteiger partial charge in [0.1, 0.15) is 0 Å². The topological polar surface area (TPSA) is 35.8 Å². The zero-order chi connectivity index (χ0) is 19.7. The molecule has 2 nitrogen and oxygen atoms in total. The van der Waals surface area contributed by atoms with Crippen molar-refractivity contribution in [3.63, 3.8) is 0 Å². The number of benzene rings is 1. The van der Waals surface area contributed by atoms with Gasteiger partial charge in [0.25, 0.3) is 0 Å². The Balaban J connectivity index is 2.50. The van der Waals surface area contributed by atoms with Crippen molar-refractivity contribution in [2.24, 2.45) is 16.7 Å². The van der Waals surface area contributed by atoms with Gasteiger partial charge in [-0.25, -0.2) is 0 Å². The second-order valence-corrected chi connectivity index (χ2v) is 10.5. The molecule has 0 fully saturated rings. The highest BCUT2D eigenvalue weighted by Crippen LogP contribution is 2.41. The number of nitrogens with one attached hydrogen (secondary N) is 1. The van der Waals surface area contributed by atoms with Gasteiger partial charge in [-0.1, -0.05) is 48.1 Å². The van der Waals surface area contributed by atoms with Crippen LogP contribution in [0.15, 0.2) is 35.8 Å². The highest BCUT2D eigenvalue weighted by molar-refractivity contribution is 14.1. The molecule has 0 saturated carbocycles. The molecule has 0 aliphatic heterocycles. The van der Waals surface area contributed by atoms with E-state index in [9.17, 15) is 5.26 Å². The summed E-state index contributed by atoms with van der Waals surface area (Å²) < 4.78 is 1.13. The molecule has 1 aromatic rings. The van der Waals surface area contributed by atoms with E-state index in [-0.39, 0.29) is 10.8 Å². The fourth-order valence-corrected chi connectivity index (χ4v) is 4.24. The van der Waals surface area contributed by atoms with Gasteiger partial charge in [-0.2, -0.15) is 5.26 Å². The molecular weight excluding hydrogens is 431 g/mol. The molecule has 1 aliphatic rings. The van der Waals surface area contributed by atoms with Crippen LogP contribution in [0.25, 0.3) is 6.08 Å². The average molecular weight is 460 g/mol. The third-order valence-electron chi connectivity index (χ3n) is 4.70. The first-order chi connectivity index (χ1) is 11.9. The second-order valence-electron chi connectivity index (χ2n) is 9.38.